The first-order chi connectivity index (χ1) is 8.97. The largest absolute Gasteiger partial charge is 0.480 e. The summed E-state index contributed by atoms with van der Waals surface area (Å²) in [6, 6.07) is -1.05. The first-order valence-electron chi connectivity index (χ1n) is 5.57. The highest BCUT2D eigenvalue weighted by atomic mass is 16.5. The number of aliphatic hydroxyl groups excluding tert-OH is 3. The maximum Gasteiger partial charge on any atom is 0.329 e. The predicted molar refractivity (Wildman–Crippen MR) is 64.5 cm³/mol. The molecule has 0 aromatic rings. The molecule has 0 aliphatic rings. The summed E-state index contributed by atoms with van der Waals surface area (Å²) < 4.78 is 4.89. The van der Waals surface area contributed by atoms with E-state index in [9.17, 15) is 19.8 Å². The van der Waals surface area contributed by atoms with Crippen molar-refractivity contribution in [1.29, 1.82) is 0 Å². The Morgan fingerprint density at radius 1 is 1.42 bits per heavy atom. The average Bonchev–Trinajstić information content (AvgIpc) is 2.40. The number of hydrogen-bond donors (Lipinski definition) is 5. The second kappa shape index (κ2) is 9.59. The van der Waals surface area contributed by atoms with Crippen molar-refractivity contribution in [1.82, 2.24) is 5.32 Å². The third-order valence-corrected chi connectivity index (χ3v) is 2.32. The van der Waals surface area contributed by atoms with Gasteiger partial charge in [-0.3, -0.25) is 0 Å². The molecule has 0 fully saturated rings. The monoisotopic (exact) mass is 277 g/mol. The van der Waals surface area contributed by atoms with E-state index in [2.05, 4.69) is 11.9 Å². The fraction of sp³-hybridized carbons (Fsp3) is 0.636. The number of aldehydes is 1. The zero-order valence-corrected chi connectivity index (χ0v) is 10.3. The number of hydrogen-bond acceptors (Lipinski definition) is 7. The van der Waals surface area contributed by atoms with Gasteiger partial charge in [-0.25, -0.2) is 4.79 Å². The van der Waals surface area contributed by atoms with Gasteiger partial charge in [-0.1, -0.05) is 6.08 Å². The third-order valence-electron chi connectivity index (χ3n) is 2.32. The summed E-state index contributed by atoms with van der Waals surface area (Å²) in [6.45, 7) is 2.15. The van der Waals surface area contributed by atoms with E-state index in [1.54, 1.807) is 0 Å². The van der Waals surface area contributed by atoms with E-state index >= 15 is 0 Å². The lowest BCUT2D eigenvalue weighted by Gasteiger charge is -2.29. The molecule has 0 aliphatic heterocycles. The van der Waals surface area contributed by atoms with Gasteiger partial charge in [0, 0.05) is 6.54 Å². The van der Waals surface area contributed by atoms with Gasteiger partial charge in [0.05, 0.1) is 12.6 Å². The summed E-state index contributed by atoms with van der Waals surface area (Å²) in [7, 11) is 0. The smallest absolute Gasteiger partial charge is 0.329 e. The molecule has 0 amide bonds. The Balaban J connectivity index is 4.83. The van der Waals surface area contributed by atoms with Gasteiger partial charge in [0.1, 0.15) is 31.2 Å². The van der Waals surface area contributed by atoms with Gasteiger partial charge in [-0.05, 0) is 0 Å². The second-order valence-electron chi connectivity index (χ2n) is 3.77. The number of ether oxygens (including phenoxy) is 1. The molecule has 0 unspecified atom stereocenters. The first kappa shape index (κ1) is 17.7. The van der Waals surface area contributed by atoms with Crippen molar-refractivity contribution in [3.63, 3.8) is 0 Å². The number of aliphatic carboxylic acids is 1. The second-order valence-corrected chi connectivity index (χ2v) is 3.77. The van der Waals surface area contributed by atoms with Crippen LogP contribution in [0.3, 0.4) is 0 Å². The van der Waals surface area contributed by atoms with Crippen molar-refractivity contribution in [2.75, 3.05) is 19.8 Å². The van der Waals surface area contributed by atoms with Crippen molar-refractivity contribution in [3.8, 4) is 0 Å². The molecule has 0 spiro atoms. The number of carbonyl (C=O) groups excluding carboxylic acids is 1. The molecular formula is C11H19NO7. The Hall–Kier alpha value is -1.32. The van der Waals surface area contributed by atoms with Crippen molar-refractivity contribution in [3.05, 3.63) is 12.7 Å². The van der Waals surface area contributed by atoms with Crippen LogP contribution in [0.1, 0.15) is 0 Å². The molecule has 0 aromatic heterocycles. The lowest BCUT2D eigenvalue weighted by molar-refractivity contribution is -0.155. The molecule has 0 heterocycles. The molecule has 110 valence electrons. The number of carbonyl (C=O) groups is 2. The lowest BCUT2D eigenvalue weighted by atomic mass is 10.0. The van der Waals surface area contributed by atoms with Crippen LogP contribution in [0.25, 0.3) is 0 Å². The number of carboxylic acids is 1. The molecule has 0 aromatic carbocycles. The van der Waals surface area contributed by atoms with Crippen LogP contribution in [0.15, 0.2) is 12.7 Å². The number of carboxylic acid groups (broad SMARTS) is 1. The van der Waals surface area contributed by atoms with Crippen LogP contribution in [0, 0.1) is 0 Å². The maximum atomic E-state index is 10.9. The predicted octanol–water partition coefficient (Wildman–Crippen LogP) is -2.49. The fourth-order valence-corrected chi connectivity index (χ4v) is 1.37. The van der Waals surface area contributed by atoms with Crippen LogP contribution in [0.2, 0.25) is 0 Å². The van der Waals surface area contributed by atoms with Crippen LogP contribution in [-0.2, 0) is 14.3 Å². The summed E-state index contributed by atoms with van der Waals surface area (Å²) in [4.78, 5) is 21.4. The number of aliphatic hydroxyl groups is 3. The van der Waals surface area contributed by atoms with E-state index in [-0.39, 0.29) is 6.54 Å². The van der Waals surface area contributed by atoms with Crippen LogP contribution >= 0.6 is 0 Å². The van der Waals surface area contributed by atoms with Gasteiger partial charge in [0.25, 0.3) is 0 Å². The minimum Gasteiger partial charge on any atom is -0.480 e. The third kappa shape index (κ3) is 6.41. The number of rotatable bonds is 11. The normalized spacial score (nSPS) is 17.2. The first-order valence-corrected chi connectivity index (χ1v) is 5.57. The minimum atomic E-state index is -1.61. The maximum absolute atomic E-state index is 10.9. The summed E-state index contributed by atoms with van der Waals surface area (Å²) >= 11 is 0. The molecule has 0 radical (unpaired) electrons. The Labute approximate surface area is 110 Å². The van der Waals surface area contributed by atoms with Crippen molar-refractivity contribution >= 4 is 12.3 Å². The van der Waals surface area contributed by atoms with Crippen LogP contribution in [0.5, 0.6) is 0 Å². The van der Waals surface area contributed by atoms with Crippen molar-refractivity contribution < 1.29 is 34.8 Å². The topological polar surface area (TPSA) is 136 Å². The highest BCUT2D eigenvalue weighted by Gasteiger charge is 2.33. The van der Waals surface area contributed by atoms with E-state index in [1.165, 1.54) is 6.08 Å². The molecular weight excluding hydrogens is 258 g/mol. The van der Waals surface area contributed by atoms with E-state index < -0.39 is 43.5 Å². The minimum absolute atomic E-state index is 0.221. The summed E-state index contributed by atoms with van der Waals surface area (Å²) in [5, 5.41) is 39.0. The van der Waals surface area contributed by atoms with Gasteiger partial charge in [0.15, 0.2) is 0 Å². The van der Waals surface area contributed by atoms with Gasteiger partial charge in [-0.2, -0.15) is 0 Å². The van der Waals surface area contributed by atoms with Gasteiger partial charge in [-0.15, -0.1) is 6.58 Å². The number of nitrogens with one attached hydrogen (secondary N) is 1. The molecule has 19 heavy (non-hydrogen) atoms. The molecule has 5 N–H and O–H groups in total. The molecule has 0 aliphatic carbocycles. The lowest BCUT2D eigenvalue weighted by Crippen LogP contribution is -2.53. The van der Waals surface area contributed by atoms with E-state index in [4.69, 9.17) is 14.9 Å². The van der Waals surface area contributed by atoms with Crippen molar-refractivity contribution in [2.24, 2.45) is 0 Å². The summed E-state index contributed by atoms with van der Waals surface area (Å²) in [6.07, 6.45) is -2.59. The zero-order chi connectivity index (χ0) is 14.8. The van der Waals surface area contributed by atoms with E-state index in [0.717, 1.165) is 0 Å². The average molecular weight is 277 g/mol. The zero-order valence-electron chi connectivity index (χ0n) is 10.3. The highest BCUT2D eigenvalue weighted by Crippen LogP contribution is 2.09. The van der Waals surface area contributed by atoms with E-state index in [1.807, 2.05) is 0 Å². The summed E-state index contributed by atoms with van der Waals surface area (Å²) in [5.41, 5.74) is 0. The highest BCUT2D eigenvalue weighted by molar-refractivity contribution is 5.68. The van der Waals surface area contributed by atoms with Crippen LogP contribution < -0.4 is 5.32 Å². The molecule has 4 atom stereocenters. The van der Waals surface area contributed by atoms with Gasteiger partial charge >= 0.3 is 5.97 Å². The molecule has 0 rings (SSSR count). The molecule has 0 saturated carbocycles. The Kier molecular flexibility index (Phi) is 8.92. The van der Waals surface area contributed by atoms with Gasteiger partial charge < -0.3 is 35.3 Å². The Morgan fingerprint density at radius 2 is 2.05 bits per heavy atom. The van der Waals surface area contributed by atoms with Gasteiger partial charge in [0.2, 0.25) is 0 Å². The quantitative estimate of drug-likeness (QED) is 0.207. The fourth-order valence-electron chi connectivity index (χ4n) is 1.37. The van der Waals surface area contributed by atoms with Crippen LogP contribution in [-0.4, -0.2) is 76.8 Å². The van der Waals surface area contributed by atoms with Crippen LogP contribution in [0.4, 0.5) is 0 Å². The molecule has 8 nitrogen and oxygen atoms in total. The SMILES string of the molecule is C=CCN[C@@H](C=O)[C@@H](OCC(=O)O)[C@H](O)[C@H](O)CO. The standard InChI is InChI=1S/C11H19NO7/c1-2-3-12-7(4-13)11(19-6-9(16)17)10(18)8(15)5-14/h2,4,7-8,10-12,14-15,18H,1,3,5-6H2,(H,16,17)/t7-,8+,10+,11+/m0/s1. The van der Waals surface area contributed by atoms with E-state index in [0.29, 0.717) is 6.29 Å². The Morgan fingerprint density at radius 3 is 2.47 bits per heavy atom. The van der Waals surface area contributed by atoms with Crippen molar-refractivity contribution in [2.45, 2.75) is 24.4 Å². The molecule has 0 bridgehead atoms. The molecule has 0 saturated heterocycles. The molecule has 8 heteroatoms. The summed E-state index contributed by atoms with van der Waals surface area (Å²) in [5.74, 6) is -1.29. The Bertz CT molecular complexity index is 297.